The number of halogens is 1. The second kappa shape index (κ2) is 12.1. The predicted octanol–water partition coefficient (Wildman–Crippen LogP) is 5.66. The van der Waals surface area contributed by atoms with E-state index in [2.05, 4.69) is 29.3 Å². The second-order valence-electron chi connectivity index (χ2n) is 9.71. The topological polar surface area (TPSA) is 79.0 Å². The Hall–Kier alpha value is -3.23. The maximum atomic E-state index is 13.6. The van der Waals surface area contributed by atoms with Crippen molar-refractivity contribution in [3.63, 3.8) is 0 Å². The molecule has 0 radical (unpaired) electrons. The van der Waals surface area contributed by atoms with Gasteiger partial charge in [0.25, 0.3) is 10.0 Å². The number of anilines is 2. The molecule has 38 heavy (non-hydrogen) atoms. The SMILES string of the molecule is COc1ccc(S(=O)(=O)N(CC(=O)NC(C)c2ccc(N3CCC(C)CC3)cc2)c2ccc(Cl)cc2)cc1. The van der Waals surface area contributed by atoms with Gasteiger partial charge in [0, 0.05) is 23.8 Å². The van der Waals surface area contributed by atoms with E-state index in [0.29, 0.717) is 16.5 Å². The molecule has 1 unspecified atom stereocenters. The van der Waals surface area contributed by atoms with E-state index < -0.39 is 15.9 Å². The Morgan fingerprint density at radius 3 is 2.21 bits per heavy atom. The van der Waals surface area contributed by atoms with E-state index in [4.69, 9.17) is 16.3 Å². The molecular formula is C29H34ClN3O4S. The van der Waals surface area contributed by atoms with Crippen molar-refractivity contribution in [2.45, 2.75) is 37.6 Å². The van der Waals surface area contributed by atoms with Crippen LogP contribution in [0.4, 0.5) is 11.4 Å². The fourth-order valence-corrected chi connectivity index (χ4v) is 6.09. The molecule has 0 bridgehead atoms. The Kier molecular flexibility index (Phi) is 8.84. The first-order valence-corrected chi connectivity index (χ1v) is 14.6. The zero-order chi connectivity index (χ0) is 27.3. The summed E-state index contributed by atoms with van der Waals surface area (Å²) in [6, 6.07) is 20.3. The molecule has 4 rings (SSSR count). The molecule has 202 valence electrons. The number of sulfonamides is 1. The minimum absolute atomic E-state index is 0.0526. The first-order valence-electron chi connectivity index (χ1n) is 12.7. The third-order valence-electron chi connectivity index (χ3n) is 6.97. The first kappa shape index (κ1) is 27.8. The van der Waals surface area contributed by atoms with E-state index >= 15 is 0 Å². The van der Waals surface area contributed by atoms with Crippen molar-refractivity contribution in [3.05, 3.63) is 83.4 Å². The Morgan fingerprint density at radius 2 is 1.63 bits per heavy atom. The molecule has 1 aliphatic heterocycles. The summed E-state index contributed by atoms with van der Waals surface area (Å²) in [6.07, 6.45) is 2.38. The number of benzene rings is 3. The van der Waals surface area contributed by atoms with Crippen LogP contribution in [0.15, 0.2) is 77.7 Å². The van der Waals surface area contributed by atoms with E-state index in [1.807, 2.05) is 19.1 Å². The van der Waals surface area contributed by atoms with E-state index in [1.165, 1.54) is 37.8 Å². The van der Waals surface area contributed by atoms with Crippen molar-refractivity contribution in [2.75, 3.05) is 35.9 Å². The number of amides is 1. The smallest absolute Gasteiger partial charge is 0.264 e. The van der Waals surface area contributed by atoms with Gasteiger partial charge in [-0.3, -0.25) is 9.10 Å². The highest BCUT2D eigenvalue weighted by molar-refractivity contribution is 7.92. The average Bonchev–Trinajstić information content (AvgIpc) is 2.93. The highest BCUT2D eigenvalue weighted by Crippen LogP contribution is 2.27. The zero-order valence-electron chi connectivity index (χ0n) is 21.9. The minimum Gasteiger partial charge on any atom is -0.497 e. The van der Waals surface area contributed by atoms with E-state index in [0.717, 1.165) is 28.9 Å². The van der Waals surface area contributed by atoms with Gasteiger partial charge in [0.15, 0.2) is 0 Å². The predicted molar refractivity (Wildman–Crippen MR) is 153 cm³/mol. The lowest BCUT2D eigenvalue weighted by Crippen LogP contribution is -2.41. The van der Waals surface area contributed by atoms with Gasteiger partial charge in [-0.1, -0.05) is 30.7 Å². The van der Waals surface area contributed by atoms with Crippen molar-refractivity contribution in [3.8, 4) is 5.75 Å². The number of nitrogens with zero attached hydrogens (tertiary/aromatic N) is 2. The quantitative estimate of drug-likeness (QED) is 0.369. The van der Waals surface area contributed by atoms with Crippen LogP contribution < -0.4 is 19.3 Å². The molecule has 1 fully saturated rings. The van der Waals surface area contributed by atoms with Crippen LogP contribution in [-0.4, -0.2) is 41.1 Å². The number of carbonyl (C=O) groups excluding carboxylic acids is 1. The number of rotatable bonds is 9. The second-order valence-corrected chi connectivity index (χ2v) is 12.0. The van der Waals surface area contributed by atoms with Crippen LogP contribution in [0.1, 0.15) is 38.3 Å². The number of hydrogen-bond acceptors (Lipinski definition) is 5. The highest BCUT2D eigenvalue weighted by atomic mass is 35.5. The fraction of sp³-hybridized carbons (Fsp3) is 0.345. The van der Waals surface area contributed by atoms with Gasteiger partial charge in [0.2, 0.25) is 5.91 Å². The molecule has 7 nitrogen and oxygen atoms in total. The molecule has 1 amide bonds. The summed E-state index contributed by atoms with van der Waals surface area (Å²) in [7, 11) is -2.53. The van der Waals surface area contributed by atoms with Gasteiger partial charge in [0.1, 0.15) is 12.3 Å². The zero-order valence-corrected chi connectivity index (χ0v) is 23.5. The maximum absolute atomic E-state index is 13.6. The van der Waals surface area contributed by atoms with Gasteiger partial charge < -0.3 is 15.0 Å². The van der Waals surface area contributed by atoms with Gasteiger partial charge in [-0.05, 0) is 91.9 Å². The summed E-state index contributed by atoms with van der Waals surface area (Å²) in [5.41, 5.74) is 2.47. The standard InChI is InChI=1S/C29H34ClN3O4S/c1-21-16-18-32(19-17-21)25-8-4-23(5-9-25)22(2)31-29(34)20-33(26-10-6-24(30)7-11-26)38(35,36)28-14-12-27(37-3)13-15-28/h4-15,21-22H,16-20H2,1-3H3,(H,31,34). The van der Waals surface area contributed by atoms with Crippen LogP contribution in [0.5, 0.6) is 5.75 Å². The van der Waals surface area contributed by atoms with Gasteiger partial charge in [-0.15, -0.1) is 0 Å². The molecule has 1 N–H and O–H groups in total. The van der Waals surface area contributed by atoms with E-state index in [1.54, 1.807) is 36.4 Å². The first-order chi connectivity index (χ1) is 18.2. The molecule has 1 atom stereocenters. The summed E-state index contributed by atoms with van der Waals surface area (Å²) in [4.78, 5) is 15.6. The number of ether oxygens (including phenoxy) is 1. The van der Waals surface area contributed by atoms with Crippen molar-refractivity contribution in [1.29, 1.82) is 0 Å². The van der Waals surface area contributed by atoms with Crippen molar-refractivity contribution in [2.24, 2.45) is 5.92 Å². The average molecular weight is 556 g/mol. The lowest BCUT2D eigenvalue weighted by atomic mass is 9.98. The molecule has 1 saturated heterocycles. The molecule has 0 aliphatic carbocycles. The Labute approximate surface area is 230 Å². The minimum atomic E-state index is -4.04. The summed E-state index contributed by atoms with van der Waals surface area (Å²) in [5, 5.41) is 3.42. The van der Waals surface area contributed by atoms with E-state index in [9.17, 15) is 13.2 Å². The molecule has 0 spiro atoms. The molecular weight excluding hydrogens is 522 g/mol. The maximum Gasteiger partial charge on any atom is 0.264 e. The Morgan fingerprint density at radius 1 is 1.03 bits per heavy atom. The van der Waals surface area contributed by atoms with Gasteiger partial charge in [-0.2, -0.15) is 0 Å². The van der Waals surface area contributed by atoms with E-state index in [-0.39, 0.29) is 17.5 Å². The molecule has 3 aromatic carbocycles. The summed E-state index contributed by atoms with van der Waals surface area (Å²) in [5.74, 6) is 0.884. The Balaban J connectivity index is 1.49. The number of methoxy groups -OCH3 is 1. The van der Waals surface area contributed by atoms with Gasteiger partial charge >= 0.3 is 0 Å². The largest absolute Gasteiger partial charge is 0.497 e. The lowest BCUT2D eigenvalue weighted by Gasteiger charge is -2.32. The normalized spacial score (nSPS) is 15.1. The molecule has 1 heterocycles. The third-order valence-corrected chi connectivity index (χ3v) is 9.01. The molecule has 0 saturated carbocycles. The van der Waals surface area contributed by atoms with Crippen LogP contribution in [0, 0.1) is 5.92 Å². The summed E-state index contributed by atoms with van der Waals surface area (Å²) >= 11 is 6.03. The number of piperidine rings is 1. The lowest BCUT2D eigenvalue weighted by molar-refractivity contribution is -0.120. The van der Waals surface area contributed by atoms with Crippen molar-refractivity contribution in [1.82, 2.24) is 5.32 Å². The summed E-state index contributed by atoms with van der Waals surface area (Å²) < 4.78 is 33.4. The van der Waals surface area contributed by atoms with Gasteiger partial charge in [-0.25, -0.2) is 8.42 Å². The Bertz CT molecular complexity index is 1320. The monoisotopic (exact) mass is 555 g/mol. The third kappa shape index (κ3) is 6.60. The van der Waals surface area contributed by atoms with Crippen molar-refractivity contribution >= 4 is 38.9 Å². The number of hydrogen-bond donors (Lipinski definition) is 1. The van der Waals surface area contributed by atoms with Gasteiger partial charge in [0.05, 0.1) is 23.7 Å². The van der Waals surface area contributed by atoms with Crippen LogP contribution in [0.2, 0.25) is 5.02 Å². The van der Waals surface area contributed by atoms with Crippen LogP contribution in [-0.2, 0) is 14.8 Å². The van der Waals surface area contributed by atoms with Crippen LogP contribution in [0.3, 0.4) is 0 Å². The van der Waals surface area contributed by atoms with Crippen LogP contribution >= 0.6 is 11.6 Å². The van der Waals surface area contributed by atoms with Crippen LogP contribution in [0.25, 0.3) is 0 Å². The fourth-order valence-electron chi connectivity index (χ4n) is 4.54. The highest BCUT2D eigenvalue weighted by Gasteiger charge is 2.28. The molecule has 0 aromatic heterocycles. The molecule has 9 heteroatoms. The number of carbonyl (C=O) groups is 1. The van der Waals surface area contributed by atoms with Crippen molar-refractivity contribution < 1.29 is 17.9 Å². The molecule has 3 aromatic rings. The summed E-state index contributed by atoms with van der Waals surface area (Å²) in [6.45, 7) is 5.90. The molecule has 1 aliphatic rings. The number of nitrogens with one attached hydrogen (secondary N) is 1.